The minimum atomic E-state index is -2.39. The number of fused-ring (bicyclic) bond motifs is 1. The Kier molecular flexibility index (Phi) is 5.32. The first-order valence-electron chi connectivity index (χ1n) is 12.0. The average molecular weight is 385 g/mol. The number of hydrogen-bond acceptors (Lipinski definition) is 6. The van der Waals surface area contributed by atoms with Gasteiger partial charge in [0.2, 0.25) is 0 Å². The summed E-state index contributed by atoms with van der Waals surface area (Å²) in [5, 5.41) is 15.8. The van der Waals surface area contributed by atoms with Gasteiger partial charge in [0.25, 0.3) is 0 Å². The lowest BCUT2D eigenvalue weighted by Gasteiger charge is -2.44. The molecule has 0 radical (unpaired) electrons. The van der Waals surface area contributed by atoms with Gasteiger partial charge in [-0.2, -0.15) is 0 Å². The highest BCUT2D eigenvalue weighted by molar-refractivity contribution is 5.15. The van der Waals surface area contributed by atoms with Crippen molar-refractivity contribution >= 4 is 0 Å². The van der Waals surface area contributed by atoms with E-state index < -0.39 is 25.4 Å². The molecule has 1 aliphatic carbocycles. The first-order chi connectivity index (χ1) is 14.3. The van der Waals surface area contributed by atoms with E-state index in [9.17, 15) is 4.39 Å². The third kappa shape index (κ3) is 4.38. The Balaban J connectivity index is 1.42. The molecule has 7 heteroatoms. The van der Waals surface area contributed by atoms with Crippen LogP contribution in [0.3, 0.4) is 0 Å². The van der Waals surface area contributed by atoms with E-state index in [1.807, 2.05) is 0 Å². The van der Waals surface area contributed by atoms with Crippen LogP contribution in [0.15, 0.2) is 11.6 Å². The van der Waals surface area contributed by atoms with Crippen LogP contribution in [-0.4, -0.2) is 63.5 Å². The monoisotopic (exact) mass is 384 g/mol. The van der Waals surface area contributed by atoms with E-state index in [1.165, 1.54) is 5.57 Å². The van der Waals surface area contributed by atoms with Gasteiger partial charge < -0.3 is 15.4 Å². The molecule has 3 fully saturated rings. The molecule has 154 valence electrons. The molecule has 3 aliphatic heterocycles. The molecule has 0 aromatic carbocycles. The summed E-state index contributed by atoms with van der Waals surface area (Å²) in [6.07, 6.45) is 5.41. The van der Waals surface area contributed by atoms with Crippen molar-refractivity contribution in [3.8, 4) is 0 Å². The highest BCUT2D eigenvalue weighted by Gasteiger charge is 2.44. The van der Waals surface area contributed by atoms with Crippen molar-refractivity contribution < 1.29 is 13.2 Å². The molecule has 8 atom stereocenters. The van der Waals surface area contributed by atoms with Gasteiger partial charge in [-0.3, -0.25) is 16.0 Å². The number of ether oxygens (including phenoxy) is 1. The molecule has 0 aromatic rings. The van der Waals surface area contributed by atoms with E-state index >= 15 is 0 Å². The molecule has 27 heavy (non-hydrogen) atoms. The SMILES string of the molecule is [2H]C([2H])([2H])NC1NC(NC2CC3CCOC3C(C3=CCNCCC3)C2)NC(C)C1F. The second kappa shape index (κ2) is 8.84. The standard InChI is InChI=1S/C20H36FN5O/c1-12-17(21)19(22-2)26-20(24-12)25-15-10-14-6-9-27-18(14)16(11-15)13-4-3-7-23-8-5-13/h5,12,14-20,22-26H,3-4,6-11H2,1-2H3/i2D3. The molecular formula is C20H36FN5O. The van der Waals surface area contributed by atoms with Gasteiger partial charge in [-0.25, -0.2) is 4.39 Å². The zero-order valence-corrected chi connectivity index (χ0v) is 16.1. The lowest BCUT2D eigenvalue weighted by Crippen LogP contribution is -2.72. The van der Waals surface area contributed by atoms with Crippen LogP contribution in [-0.2, 0) is 4.74 Å². The number of rotatable bonds is 4. The van der Waals surface area contributed by atoms with Crippen molar-refractivity contribution in [1.82, 2.24) is 26.6 Å². The van der Waals surface area contributed by atoms with Crippen molar-refractivity contribution in [2.24, 2.45) is 11.8 Å². The van der Waals surface area contributed by atoms with Crippen LogP contribution in [0.2, 0.25) is 0 Å². The fraction of sp³-hybridized carbons (Fsp3) is 0.900. The van der Waals surface area contributed by atoms with E-state index in [0.29, 0.717) is 17.9 Å². The molecule has 0 aromatic heterocycles. The molecule has 3 heterocycles. The maximum Gasteiger partial charge on any atom is 0.143 e. The Bertz CT molecular complexity index is 622. The van der Waals surface area contributed by atoms with Crippen molar-refractivity contribution in [2.75, 3.05) is 26.7 Å². The van der Waals surface area contributed by atoms with E-state index in [0.717, 1.165) is 51.8 Å². The first kappa shape index (κ1) is 16.3. The van der Waals surface area contributed by atoms with Crippen LogP contribution >= 0.6 is 0 Å². The predicted molar refractivity (Wildman–Crippen MR) is 105 cm³/mol. The average Bonchev–Trinajstić information content (AvgIpc) is 2.97. The van der Waals surface area contributed by atoms with Gasteiger partial charge in [-0.05, 0) is 58.5 Å². The van der Waals surface area contributed by atoms with Gasteiger partial charge in [-0.1, -0.05) is 11.6 Å². The van der Waals surface area contributed by atoms with Crippen molar-refractivity contribution in [2.45, 2.75) is 75.8 Å². The number of alkyl halides is 1. The number of hydrogen-bond donors (Lipinski definition) is 5. The lowest BCUT2D eigenvalue weighted by molar-refractivity contribution is 0.0147. The number of nitrogens with one attached hydrogen (secondary N) is 5. The van der Waals surface area contributed by atoms with Crippen LogP contribution in [0.1, 0.15) is 43.1 Å². The fourth-order valence-corrected chi connectivity index (χ4v) is 5.33. The van der Waals surface area contributed by atoms with E-state index in [-0.39, 0.29) is 12.3 Å². The van der Waals surface area contributed by atoms with Crippen LogP contribution < -0.4 is 26.6 Å². The Morgan fingerprint density at radius 1 is 1.33 bits per heavy atom. The van der Waals surface area contributed by atoms with Crippen molar-refractivity contribution in [1.29, 1.82) is 0 Å². The summed E-state index contributed by atoms with van der Waals surface area (Å²) in [5.74, 6) is 0.944. The molecule has 6 nitrogen and oxygen atoms in total. The molecule has 4 rings (SSSR count). The minimum absolute atomic E-state index is 0.261. The minimum Gasteiger partial charge on any atom is -0.377 e. The van der Waals surface area contributed by atoms with Crippen LogP contribution in [0.5, 0.6) is 0 Å². The van der Waals surface area contributed by atoms with E-state index in [4.69, 9.17) is 8.85 Å². The van der Waals surface area contributed by atoms with E-state index in [2.05, 4.69) is 32.7 Å². The van der Waals surface area contributed by atoms with Gasteiger partial charge >= 0.3 is 0 Å². The summed E-state index contributed by atoms with van der Waals surface area (Å²) >= 11 is 0. The summed E-state index contributed by atoms with van der Waals surface area (Å²) in [6.45, 7) is 2.16. The molecule has 1 saturated carbocycles. The predicted octanol–water partition coefficient (Wildman–Crippen LogP) is 0.818. The van der Waals surface area contributed by atoms with Crippen molar-refractivity contribution in [3.63, 3.8) is 0 Å². The Labute approximate surface area is 166 Å². The van der Waals surface area contributed by atoms with Crippen LogP contribution in [0.25, 0.3) is 0 Å². The Morgan fingerprint density at radius 3 is 3.15 bits per heavy atom. The van der Waals surface area contributed by atoms with Crippen molar-refractivity contribution in [3.05, 3.63) is 11.6 Å². The smallest absolute Gasteiger partial charge is 0.143 e. The molecule has 2 saturated heterocycles. The third-order valence-corrected chi connectivity index (χ3v) is 6.72. The summed E-state index contributed by atoms with van der Waals surface area (Å²) in [5.41, 5.74) is 1.51. The Morgan fingerprint density at radius 2 is 2.26 bits per heavy atom. The molecule has 4 aliphatic rings. The summed E-state index contributed by atoms with van der Waals surface area (Å²) < 4.78 is 43.0. The fourth-order valence-electron chi connectivity index (χ4n) is 5.33. The number of halogens is 1. The highest BCUT2D eigenvalue weighted by atomic mass is 19.1. The normalized spacial score (nSPS) is 47.9. The highest BCUT2D eigenvalue weighted by Crippen LogP contribution is 2.42. The summed E-state index contributed by atoms with van der Waals surface area (Å²) in [6, 6.07) is -0.196. The summed E-state index contributed by atoms with van der Waals surface area (Å²) in [7, 11) is 0. The second-order valence-corrected chi connectivity index (χ2v) is 8.53. The molecule has 0 amide bonds. The largest absolute Gasteiger partial charge is 0.377 e. The third-order valence-electron chi connectivity index (χ3n) is 6.72. The summed E-state index contributed by atoms with van der Waals surface area (Å²) in [4.78, 5) is 0. The maximum absolute atomic E-state index is 14.5. The first-order valence-corrected chi connectivity index (χ1v) is 10.5. The van der Waals surface area contributed by atoms with Gasteiger partial charge in [0.15, 0.2) is 0 Å². The van der Waals surface area contributed by atoms with Crippen LogP contribution in [0, 0.1) is 11.8 Å². The Hall–Kier alpha value is -0.570. The van der Waals surface area contributed by atoms with E-state index in [1.54, 1.807) is 6.92 Å². The van der Waals surface area contributed by atoms with Gasteiger partial charge in [0.1, 0.15) is 12.5 Å². The quantitative estimate of drug-likeness (QED) is 0.463. The zero-order valence-electron chi connectivity index (χ0n) is 19.1. The molecule has 5 N–H and O–H groups in total. The van der Waals surface area contributed by atoms with Gasteiger partial charge in [0.05, 0.1) is 12.3 Å². The lowest BCUT2D eigenvalue weighted by atomic mass is 9.72. The van der Waals surface area contributed by atoms with Crippen LogP contribution in [0.4, 0.5) is 4.39 Å². The van der Waals surface area contributed by atoms with Gasteiger partial charge in [0, 0.05) is 35.3 Å². The molecule has 8 unspecified atom stereocenters. The van der Waals surface area contributed by atoms with Gasteiger partial charge in [-0.15, -0.1) is 0 Å². The molecule has 0 spiro atoms. The second-order valence-electron chi connectivity index (χ2n) is 8.53. The topological polar surface area (TPSA) is 69.4 Å². The zero-order chi connectivity index (χ0) is 21.3. The maximum atomic E-state index is 14.5. The molecule has 0 bridgehead atoms. The molecular weight excluding hydrogens is 345 g/mol.